The summed E-state index contributed by atoms with van der Waals surface area (Å²) in [6.07, 6.45) is 1.83. The van der Waals surface area contributed by atoms with E-state index in [9.17, 15) is 18.8 Å². The minimum absolute atomic E-state index is 0.0116. The SMILES string of the molecule is Cc1ncc(-c2ccc3c(c2)c(C(N)=O)nn3CC(=O)N2CC(F)CC2C(=O)Nc2cccc(Br)n2)cn1. The van der Waals surface area contributed by atoms with Gasteiger partial charge < -0.3 is 16.0 Å². The molecule has 1 aromatic carbocycles. The molecule has 1 aliphatic heterocycles. The first-order valence-electron chi connectivity index (χ1n) is 11.7. The van der Waals surface area contributed by atoms with Crippen molar-refractivity contribution in [2.45, 2.75) is 32.1 Å². The van der Waals surface area contributed by atoms with Gasteiger partial charge in [0.25, 0.3) is 5.91 Å². The van der Waals surface area contributed by atoms with E-state index in [0.29, 0.717) is 21.3 Å². The summed E-state index contributed by atoms with van der Waals surface area (Å²) in [6, 6.07) is 9.19. The standard InChI is InChI=1S/C25H22BrFN8O3/c1-13-29-9-15(10-30-13)14-5-6-18-17(7-14)23(24(28)37)33-35(18)12-22(36)34-11-16(27)8-19(34)25(38)32-21-4-2-3-20(26)31-21/h2-7,9-10,16,19H,8,11-12H2,1H3,(H2,28,37)(H,31,32,38). The van der Waals surface area contributed by atoms with Crippen LogP contribution in [0.4, 0.5) is 10.2 Å². The van der Waals surface area contributed by atoms with Gasteiger partial charge in [-0.3, -0.25) is 19.1 Å². The van der Waals surface area contributed by atoms with Crippen LogP contribution in [0.2, 0.25) is 0 Å². The Morgan fingerprint density at radius 3 is 2.63 bits per heavy atom. The van der Waals surface area contributed by atoms with Crippen LogP contribution < -0.4 is 11.1 Å². The van der Waals surface area contributed by atoms with Gasteiger partial charge in [0, 0.05) is 29.8 Å². The van der Waals surface area contributed by atoms with E-state index in [1.165, 1.54) is 9.58 Å². The number of aromatic nitrogens is 5. The van der Waals surface area contributed by atoms with Crippen LogP contribution in [-0.2, 0) is 16.1 Å². The van der Waals surface area contributed by atoms with Gasteiger partial charge in [0.05, 0.1) is 12.1 Å². The number of hydrogen-bond donors (Lipinski definition) is 2. The Morgan fingerprint density at radius 2 is 1.92 bits per heavy atom. The van der Waals surface area contributed by atoms with Crippen LogP contribution in [0, 0.1) is 6.92 Å². The highest BCUT2D eigenvalue weighted by Gasteiger charge is 2.40. The number of likely N-dealkylation sites (tertiary alicyclic amines) is 1. The lowest BCUT2D eigenvalue weighted by atomic mass is 10.1. The highest BCUT2D eigenvalue weighted by atomic mass is 79.9. The van der Waals surface area contributed by atoms with E-state index in [2.05, 4.69) is 41.3 Å². The molecule has 1 saturated heterocycles. The minimum Gasteiger partial charge on any atom is -0.364 e. The van der Waals surface area contributed by atoms with Crippen LogP contribution in [0.5, 0.6) is 0 Å². The van der Waals surface area contributed by atoms with Crippen molar-refractivity contribution in [3.63, 3.8) is 0 Å². The number of nitrogens with two attached hydrogens (primary N) is 1. The second kappa shape index (κ2) is 10.2. The summed E-state index contributed by atoms with van der Waals surface area (Å²) < 4.78 is 16.2. The molecule has 1 aliphatic rings. The molecule has 194 valence electrons. The van der Waals surface area contributed by atoms with E-state index in [1.807, 2.05) is 0 Å². The number of hydrogen-bond acceptors (Lipinski definition) is 7. The number of amides is 3. The summed E-state index contributed by atoms with van der Waals surface area (Å²) in [5.41, 5.74) is 7.52. The Balaban J connectivity index is 1.41. The lowest BCUT2D eigenvalue weighted by Crippen LogP contribution is -2.44. The maximum Gasteiger partial charge on any atom is 0.269 e. The van der Waals surface area contributed by atoms with Crippen molar-refractivity contribution in [1.29, 1.82) is 0 Å². The molecule has 4 aromatic rings. The Hall–Kier alpha value is -4.26. The zero-order chi connectivity index (χ0) is 27.0. The lowest BCUT2D eigenvalue weighted by molar-refractivity contribution is -0.137. The van der Waals surface area contributed by atoms with Gasteiger partial charge in [-0.15, -0.1) is 0 Å². The Labute approximate surface area is 224 Å². The summed E-state index contributed by atoms with van der Waals surface area (Å²) >= 11 is 3.23. The fourth-order valence-electron chi connectivity index (χ4n) is 4.42. The number of carbonyl (C=O) groups is 3. The second-order valence-corrected chi connectivity index (χ2v) is 9.66. The normalized spacial score (nSPS) is 17.1. The number of primary amides is 1. The maximum absolute atomic E-state index is 14.4. The molecule has 1 fully saturated rings. The molecule has 0 bridgehead atoms. The number of pyridine rings is 1. The summed E-state index contributed by atoms with van der Waals surface area (Å²) in [5, 5.41) is 7.35. The molecule has 5 rings (SSSR count). The summed E-state index contributed by atoms with van der Waals surface area (Å²) in [6.45, 7) is 1.22. The van der Waals surface area contributed by atoms with Crippen molar-refractivity contribution in [3.05, 3.63) is 64.9 Å². The molecular weight excluding hydrogens is 559 g/mol. The molecule has 0 saturated carbocycles. The molecule has 3 amide bonds. The van der Waals surface area contributed by atoms with Crippen molar-refractivity contribution in [2.24, 2.45) is 5.73 Å². The number of carbonyl (C=O) groups excluding carboxylic acids is 3. The molecule has 2 unspecified atom stereocenters. The number of nitrogens with zero attached hydrogens (tertiary/aromatic N) is 6. The van der Waals surface area contributed by atoms with Crippen molar-refractivity contribution in [2.75, 3.05) is 11.9 Å². The van der Waals surface area contributed by atoms with Gasteiger partial charge in [0.1, 0.15) is 35.0 Å². The highest BCUT2D eigenvalue weighted by molar-refractivity contribution is 9.10. The zero-order valence-electron chi connectivity index (χ0n) is 20.1. The van der Waals surface area contributed by atoms with Crippen molar-refractivity contribution < 1.29 is 18.8 Å². The third kappa shape index (κ3) is 5.09. The van der Waals surface area contributed by atoms with E-state index >= 15 is 0 Å². The third-order valence-corrected chi connectivity index (χ3v) is 6.66. The molecule has 4 heterocycles. The number of benzene rings is 1. The fraction of sp³-hybridized carbons (Fsp3) is 0.240. The van der Waals surface area contributed by atoms with E-state index in [4.69, 9.17) is 5.73 Å². The minimum atomic E-state index is -1.36. The van der Waals surface area contributed by atoms with Gasteiger partial charge in [0.2, 0.25) is 11.8 Å². The largest absolute Gasteiger partial charge is 0.364 e. The first-order valence-corrected chi connectivity index (χ1v) is 12.4. The molecule has 13 heteroatoms. The average Bonchev–Trinajstić information content (AvgIpc) is 3.45. The van der Waals surface area contributed by atoms with Crippen molar-refractivity contribution in [1.82, 2.24) is 29.6 Å². The summed E-state index contributed by atoms with van der Waals surface area (Å²) in [5.74, 6) is -0.933. The third-order valence-electron chi connectivity index (χ3n) is 6.22. The number of rotatable bonds is 6. The second-order valence-electron chi connectivity index (χ2n) is 8.85. The number of nitrogens with one attached hydrogen (secondary N) is 1. The first-order chi connectivity index (χ1) is 18.2. The highest BCUT2D eigenvalue weighted by Crippen LogP contribution is 2.27. The Kier molecular flexibility index (Phi) is 6.85. The van der Waals surface area contributed by atoms with E-state index in [0.717, 1.165) is 11.1 Å². The number of anilines is 1. The molecule has 0 aliphatic carbocycles. The number of aryl methyl sites for hydroxylation is 1. The van der Waals surface area contributed by atoms with Gasteiger partial charge >= 0.3 is 0 Å². The smallest absolute Gasteiger partial charge is 0.269 e. The monoisotopic (exact) mass is 580 g/mol. The van der Waals surface area contributed by atoms with Crippen LogP contribution in [-0.4, -0.2) is 66.1 Å². The van der Waals surface area contributed by atoms with Gasteiger partial charge in [-0.05, 0) is 52.7 Å². The van der Waals surface area contributed by atoms with E-state index in [-0.39, 0.29) is 31.0 Å². The van der Waals surface area contributed by atoms with Crippen LogP contribution in [0.3, 0.4) is 0 Å². The molecule has 0 spiro atoms. The van der Waals surface area contributed by atoms with Crippen LogP contribution >= 0.6 is 15.9 Å². The van der Waals surface area contributed by atoms with Gasteiger partial charge in [-0.1, -0.05) is 12.1 Å². The predicted octanol–water partition coefficient (Wildman–Crippen LogP) is 2.64. The van der Waals surface area contributed by atoms with Crippen LogP contribution in [0.15, 0.2) is 53.4 Å². The molecule has 0 radical (unpaired) electrons. The molecule has 11 nitrogen and oxygen atoms in total. The maximum atomic E-state index is 14.4. The quantitative estimate of drug-likeness (QED) is 0.333. The van der Waals surface area contributed by atoms with Crippen LogP contribution in [0.25, 0.3) is 22.0 Å². The number of fused-ring (bicyclic) bond motifs is 1. The van der Waals surface area contributed by atoms with Gasteiger partial charge in [-0.2, -0.15) is 5.10 Å². The van der Waals surface area contributed by atoms with Crippen molar-refractivity contribution in [3.8, 4) is 11.1 Å². The molecular formula is C25H22BrFN8O3. The van der Waals surface area contributed by atoms with Crippen molar-refractivity contribution >= 4 is 50.4 Å². The first kappa shape index (κ1) is 25.4. The lowest BCUT2D eigenvalue weighted by Gasteiger charge is -2.23. The Bertz CT molecular complexity index is 1560. The van der Waals surface area contributed by atoms with Crippen LogP contribution in [0.1, 0.15) is 22.7 Å². The predicted molar refractivity (Wildman–Crippen MR) is 140 cm³/mol. The Morgan fingerprint density at radius 1 is 1.16 bits per heavy atom. The molecule has 3 aromatic heterocycles. The molecule has 2 atom stereocenters. The summed E-state index contributed by atoms with van der Waals surface area (Å²) in [4.78, 5) is 52.1. The molecule has 3 N–H and O–H groups in total. The van der Waals surface area contributed by atoms with E-state index < -0.39 is 29.9 Å². The topological polar surface area (TPSA) is 149 Å². The zero-order valence-corrected chi connectivity index (χ0v) is 21.7. The molecule has 38 heavy (non-hydrogen) atoms. The number of alkyl halides is 1. The van der Waals surface area contributed by atoms with Gasteiger partial charge in [0.15, 0.2) is 5.69 Å². The average molecular weight is 581 g/mol. The van der Waals surface area contributed by atoms with Gasteiger partial charge in [-0.25, -0.2) is 19.3 Å². The number of halogens is 2. The summed E-state index contributed by atoms with van der Waals surface area (Å²) in [7, 11) is 0. The fourth-order valence-corrected chi connectivity index (χ4v) is 4.76. The van der Waals surface area contributed by atoms with E-state index in [1.54, 1.807) is 55.7 Å².